The van der Waals surface area contributed by atoms with Crippen LogP contribution in [0.5, 0.6) is 0 Å². The summed E-state index contributed by atoms with van der Waals surface area (Å²) >= 11 is 5.57. The van der Waals surface area contributed by atoms with E-state index in [4.69, 9.17) is 0 Å². The van der Waals surface area contributed by atoms with Crippen LogP contribution in [0.2, 0.25) is 0 Å². The minimum atomic E-state index is -0.326. The van der Waals surface area contributed by atoms with Gasteiger partial charge in [0.15, 0.2) is 0 Å². The van der Waals surface area contributed by atoms with Crippen molar-refractivity contribution in [3.05, 3.63) is 68.3 Å². The van der Waals surface area contributed by atoms with E-state index in [9.17, 15) is 5.11 Å². The summed E-state index contributed by atoms with van der Waals surface area (Å²) < 4.78 is 1.33. The van der Waals surface area contributed by atoms with E-state index in [0.717, 1.165) is 18.4 Å². The maximum atomic E-state index is 10.4. The topological polar surface area (TPSA) is 20.2 Å². The number of hydrogen-bond acceptors (Lipinski definition) is 2. The SMILES string of the molecule is CCCCCC(O)c1ccc(C2C(Br)=CC[C@@H]2CCCCc2cc[c-]s2)cc1.[Y]. The van der Waals surface area contributed by atoms with E-state index in [-0.39, 0.29) is 38.8 Å². The van der Waals surface area contributed by atoms with Crippen LogP contribution in [-0.4, -0.2) is 5.11 Å². The van der Waals surface area contributed by atoms with E-state index in [2.05, 4.69) is 64.6 Å². The normalized spacial score (nSPS) is 19.6. The number of hydrogen-bond donors (Lipinski definition) is 1. The molecular formula is C25H32BrOSY-. The Kier molecular flexibility index (Phi) is 11.9. The van der Waals surface area contributed by atoms with Crippen molar-refractivity contribution in [3.63, 3.8) is 0 Å². The largest absolute Gasteiger partial charge is 0.388 e. The fourth-order valence-corrected chi connectivity index (χ4v) is 5.75. The number of aliphatic hydroxyl groups excluding tert-OH is 1. The zero-order valence-electron chi connectivity index (χ0n) is 17.4. The molecule has 0 saturated heterocycles. The molecule has 155 valence electrons. The van der Waals surface area contributed by atoms with E-state index < -0.39 is 0 Å². The van der Waals surface area contributed by atoms with E-state index in [1.54, 1.807) is 11.3 Å². The maximum absolute atomic E-state index is 10.4. The van der Waals surface area contributed by atoms with Crippen LogP contribution in [0.3, 0.4) is 0 Å². The first kappa shape index (κ1) is 25.5. The summed E-state index contributed by atoms with van der Waals surface area (Å²) in [5.74, 6) is 1.16. The predicted octanol–water partition coefficient (Wildman–Crippen LogP) is 7.95. The van der Waals surface area contributed by atoms with Crippen LogP contribution >= 0.6 is 27.3 Å². The summed E-state index contributed by atoms with van der Waals surface area (Å²) in [5.41, 5.74) is 2.44. The van der Waals surface area contributed by atoms with Crippen LogP contribution in [0, 0.1) is 11.3 Å². The first-order valence-electron chi connectivity index (χ1n) is 10.8. The van der Waals surface area contributed by atoms with Gasteiger partial charge in [-0.2, -0.15) is 6.07 Å². The van der Waals surface area contributed by atoms with Crippen molar-refractivity contribution in [1.29, 1.82) is 0 Å². The Morgan fingerprint density at radius 1 is 1.14 bits per heavy atom. The summed E-state index contributed by atoms with van der Waals surface area (Å²) in [6, 6.07) is 13.0. The molecule has 0 spiro atoms. The Hall–Kier alpha value is 0.204. The average molecular weight is 549 g/mol. The third-order valence-corrected chi connectivity index (χ3v) is 7.59. The summed E-state index contributed by atoms with van der Waals surface area (Å²) in [5, 5.41) is 13.6. The predicted molar refractivity (Wildman–Crippen MR) is 124 cm³/mol. The molecule has 2 unspecified atom stereocenters. The van der Waals surface area contributed by atoms with Crippen molar-refractivity contribution < 1.29 is 37.8 Å². The minimum absolute atomic E-state index is 0. The Labute approximate surface area is 214 Å². The van der Waals surface area contributed by atoms with Gasteiger partial charge in [0.25, 0.3) is 0 Å². The van der Waals surface area contributed by atoms with Gasteiger partial charge < -0.3 is 16.4 Å². The summed E-state index contributed by atoms with van der Waals surface area (Å²) in [7, 11) is 0. The second-order valence-electron chi connectivity index (χ2n) is 8.01. The number of rotatable bonds is 11. The van der Waals surface area contributed by atoms with Gasteiger partial charge in [0.1, 0.15) is 0 Å². The van der Waals surface area contributed by atoms with Gasteiger partial charge in [-0.25, -0.2) is 6.07 Å². The Bertz CT molecular complexity index is 726. The average Bonchev–Trinajstić information content (AvgIpc) is 3.35. The smallest absolute Gasteiger partial charge is 0.0790 e. The van der Waals surface area contributed by atoms with E-state index in [0.29, 0.717) is 11.8 Å². The van der Waals surface area contributed by atoms with Gasteiger partial charge in [0, 0.05) is 38.6 Å². The number of allylic oxidation sites excluding steroid dienone is 2. The Morgan fingerprint density at radius 3 is 2.62 bits per heavy atom. The number of thiophene rings is 1. The van der Waals surface area contributed by atoms with E-state index in [1.807, 2.05) is 6.07 Å². The van der Waals surface area contributed by atoms with E-state index in [1.165, 1.54) is 59.9 Å². The standard InChI is InChI=1S/C25H32BrOS.Y/c1-2-3-4-11-24(27)19-12-14-21(15-13-19)25-20(16-17-23(25)26)8-5-6-9-22-10-7-18-28-22;/h7,10,12-15,17,20,24-25,27H,2-6,8-9,11,16H2,1H3;/q-1;/t20-,24?,25?;/m0./s1. The first-order valence-corrected chi connectivity index (χ1v) is 12.4. The van der Waals surface area contributed by atoms with Crippen molar-refractivity contribution in [3.8, 4) is 0 Å². The quantitative estimate of drug-likeness (QED) is 0.223. The van der Waals surface area contributed by atoms with Gasteiger partial charge in [-0.15, -0.1) is 10.3 Å². The zero-order valence-corrected chi connectivity index (χ0v) is 22.7. The van der Waals surface area contributed by atoms with Crippen LogP contribution in [0.15, 0.2) is 47.0 Å². The van der Waals surface area contributed by atoms with Gasteiger partial charge in [-0.1, -0.05) is 91.7 Å². The monoisotopic (exact) mass is 548 g/mol. The molecule has 3 rings (SSSR count). The number of benzene rings is 1. The van der Waals surface area contributed by atoms with Crippen LogP contribution in [-0.2, 0) is 39.1 Å². The van der Waals surface area contributed by atoms with Gasteiger partial charge in [0.05, 0.1) is 6.10 Å². The first-order chi connectivity index (χ1) is 13.7. The number of aliphatic hydroxyl groups is 1. The molecule has 0 amide bonds. The molecule has 1 heterocycles. The van der Waals surface area contributed by atoms with Gasteiger partial charge in [-0.3, -0.25) is 0 Å². The van der Waals surface area contributed by atoms with Crippen LogP contribution in [0.1, 0.15) is 86.3 Å². The molecule has 1 aromatic carbocycles. The molecule has 0 saturated carbocycles. The van der Waals surface area contributed by atoms with Crippen molar-refractivity contribution in [2.75, 3.05) is 0 Å². The van der Waals surface area contributed by atoms with Crippen molar-refractivity contribution in [2.45, 2.75) is 76.7 Å². The molecule has 1 aromatic heterocycles. The molecule has 2 aromatic rings. The molecule has 29 heavy (non-hydrogen) atoms. The van der Waals surface area contributed by atoms with Crippen molar-refractivity contribution in [2.24, 2.45) is 5.92 Å². The van der Waals surface area contributed by atoms with Gasteiger partial charge in [-0.05, 0) is 40.8 Å². The molecule has 4 heteroatoms. The number of halogens is 1. The number of aryl methyl sites for hydroxylation is 1. The van der Waals surface area contributed by atoms with Crippen LogP contribution in [0.25, 0.3) is 0 Å². The molecule has 1 aliphatic rings. The minimum Gasteiger partial charge on any atom is -0.388 e. The second-order valence-corrected chi connectivity index (χ2v) is 9.89. The molecule has 3 atom stereocenters. The van der Waals surface area contributed by atoms with Crippen molar-refractivity contribution in [1.82, 2.24) is 0 Å². The molecule has 1 radical (unpaired) electrons. The molecule has 1 N–H and O–H groups in total. The van der Waals surface area contributed by atoms with Gasteiger partial charge >= 0.3 is 0 Å². The van der Waals surface area contributed by atoms with Crippen LogP contribution < -0.4 is 0 Å². The second kappa shape index (κ2) is 13.6. The summed E-state index contributed by atoms with van der Waals surface area (Å²) in [4.78, 5) is 1.45. The molecule has 1 aliphatic carbocycles. The Morgan fingerprint density at radius 2 is 1.93 bits per heavy atom. The molecule has 0 fully saturated rings. The fraction of sp³-hybridized carbons (Fsp3) is 0.520. The molecular weight excluding hydrogens is 517 g/mol. The van der Waals surface area contributed by atoms with E-state index >= 15 is 0 Å². The number of unbranched alkanes of at least 4 members (excludes halogenated alkanes) is 3. The summed E-state index contributed by atoms with van der Waals surface area (Å²) in [6.45, 7) is 2.20. The zero-order chi connectivity index (χ0) is 19.8. The summed E-state index contributed by atoms with van der Waals surface area (Å²) in [6.07, 6.45) is 12.6. The fourth-order valence-electron chi connectivity index (χ4n) is 4.26. The van der Waals surface area contributed by atoms with Crippen molar-refractivity contribution >= 4 is 27.3 Å². The maximum Gasteiger partial charge on any atom is 0.0790 e. The van der Waals surface area contributed by atoms with Gasteiger partial charge in [0.2, 0.25) is 0 Å². The third-order valence-electron chi connectivity index (χ3n) is 5.92. The van der Waals surface area contributed by atoms with Crippen LogP contribution in [0.4, 0.5) is 0 Å². The molecule has 0 bridgehead atoms. The molecule has 1 nitrogen and oxygen atoms in total. The molecule has 0 aliphatic heterocycles. The third kappa shape index (κ3) is 7.68. The Balaban J connectivity index is 0.00000300.